The average molecular weight is 275 g/mol. The molecule has 1 saturated carbocycles. The Balaban J connectivity index is 2.29. The van der Waals surface area contributed by atoms with Gasteiger partial charge in [0.25, 0.3) is 0 Å². The molecule has 0 aromatic carbocycles. The van der Waals surface area contributed by atoms with Crippen molar-refractivity contribution in [1.29, 1.82) is 0 Å². The van der Waals surface area contributed by atoms with E-state index in [1.165, 1.54) is 39.0 Å². The van der Waals surface area contributed by atoms with Gasteiger partial charge in [-0.1, -0.05) is 32.1 Å². The monoisotopic (exact) mass is 275 g/mol. The van der Waals surface area contributed by atoms with E-state index in [2.05, 4.69) is 5.32 Å². The molecular formula is C14H29NO4. The Kier molecular flexibility index (Phi) is 7.87. The number of hydrogen-bond donors (Lipinski definition) is 5. The highest BCUT2D eigenvalue weighted by Crippen LogP contribution is 2.17. The summed E-state index contributed by atoms with van der Waals surface area (Å²) in [7, 11) is 0. The van der Waals surface area contributed by atoms with Crippen molar-refractivity contribution in [2.75, 3.05) is 6.54 Å². The van der Waals surface area contributed by atoms with Gasteiger partial charge in [-0.3, -0.25) is 0 Å². The molecule has 4 atom stereocenters. The molecule has 0 aliphatic heterocycles. The van der Waals surface area contributed by atoms with Crippen LogP contribution in [0, 0.1) is 0 Å². The lowest BCUT2D eigenvalue weighted by Gasteiger charge is -2.27. The highest BCUT2D eigenvalue weighted by molar-refractivity contribution is 4.81. The van der Waals surface area contributed by atoms with Gasteiger partial charge in [0.1, 0.15) is 12.2 Å². The molecule has 0 aromatic heterocycles. The van der Waals surface area contributed by atoms with Crippen molar-refractivity contribution in [1.82, 2.24) is 5.32 Å². The van der Waals surface area contributed by atoms with Crippen molar-refractivity contribution in [3.63, 3.8) is 0 Å². The quantitative estimate of drug-likeness (QED) is 0.476. The summed E-state index contributed by atoms with van der Waals surface area (Å²) in [4.78, 5) is 0. The molecule has 1 fully saturated rings. The maximum Gasteiger partial charge on any atom is 0.109 e. The summed E-state index contributed by atoms with van der Waals surface area (Å²) in [6.07, 6.45) is 3.71. The summed E-state index contributed by atoms with van der Waals surface area (Å²) in [5, 5.41) is 41.4. The largest absolute Gasteiger partial charge is 0.391 e. The first-order valence-corrected chi connectivity index (χ1v) is 7.48. The first-order valence-electron chi connectivity index (χ1n) is 7.48. The van der Waals surface area contributed by atoms with Crippen molar-refractivity contribution < 1.29 is 20.4 Å². The number of aliphatic hydroxyl groups excluding tert-OH is 4. The minimum Gasteiger partial charge on any atom is -0.391 e. The Morgan fingerprint density at radius 2 is 1.42 bits per heavy atom. The van der Waals surface area contributed by atoms with Gasteiger partial charge in [0, 0.05) is 12.6 Å². The first kappa shape index (κ1) is 16.9. The van der Waals surface area contributed by atoms with Gasteiger partial charge in [-0.25, -0.2) is 0 Å². The molecule has 0 unspecified atom stereocenters. The molecule has 0 aromatic rings. The Morgan fingerprint density at radius 3 is 1.95 bits per heavy atom. The lowest BCUT2D eigenvalue weighted by atomic mass is 9.96. The number of nitrogens with one attached hydrogen (secondary N) is 1. The standard InChI is InChI=1S/C14H29NO4/c1-10(16)13(18)14(19)12(17)9-15-11-7-5-3-2-4-6-8-11/h10-19H,2-9H2,1H3/t10-,12+,13-,14-/m0/s1. The first-order chi connectivity index (χ1) is 9.02. The van der Waals surface area contributed by atoms with E-state index in [9.17, 15) is 20.4 Å². The Bertz CT molecular complexity index is 229. The van der Waals surface area contributed by atoms with Crippen molar-refractivity contribution >= 4 is 0 Å². The van der Waals surface area contributed by atoms with Gasteiger partial charge in [0.05, 0.1) is 12.2 Å². The third-order valence-electron chi connectivity index (χ3n) is 3.96. The molecule has 0 bridgehead atoms. The fourth-order valence-corrected chi connectivity index (χ4v) is 2.58. The lowest BCUT2D eigenvalue weighted by Crippen LogP contribution is -2.48. The van der Waals surface area contributed by atoms with E-state index in [1.54, 1.807) is 0 Å². The fourth-order valence-electron chi connectivity index (χ4n) is 2.58. The highest BCUT2D eigenvalue weighted by atomic mass is 16.4. The molecule has 0 radical (unpaired) electrons. The topological polar surface area (TPSA) is 93.0 Å². The molecule has 1 aliphatic carbocycles. The molecule has 0 amide bonds. The van der Waals surface area contributed by atoms with Crippen LogP contribution in [0.4, 0.5) is 0 Å². The van der Waals surface area contributed by atoms with Gasteiger partial charge >= 0.3 is 0 Å². The third kappa shape index (κ3) is 6.19. The smallest absolute Gasteiger partial charge is 0.109 e. The molecule has 0 heterocycles. The van der Waals surface area contributed by atoms with Crippen LogP contribution < -0.4 is 5.32 Å². The third-order valence-corrected chi connectivity index (χ3v) is 3.96. The van der Waals surface area contributed by atoms with Gasteiger partial charge in [-0.2, -0.15) is 0 Å². The van der Waals surface area contributed by atoms with Gasteiger partial charge < -0.3 is 25.7 Å². The predicted octanol–water partition coefficient (Wildman–Crippen LogP) is 0.152. The van der Waals surface area contributed by atoms with E-state index >= 15 is 0 Å². The van der Waals surface area contributed by atoms with E-state index in [-0.39, 0.29) is 6.54 Å². The number of aliphatic hydroxyl groups is 4. The molecule has 5 heteroatoms. The zero-order valence-electron chi connectivity index (χ0n) is 11.8. The maximum atomic E-state index is 9.81. The van der Waals surface area contributed by atoms with Crippen LogP contribution in [0.25, 0.3) is 0 Å². The summed E-state index contributed by atoms with van der Waals surface area (Å²) in [6.45, 7) is 1.64. The van der Waals surface area contributed by atoms with Crippen LogP contribution in [0.3, 0.4) is 0 Å². The molecule has 1 rings (SSSR count). The van der Waals surface area contributed by atoms with Crippen LogP contribution >= 0.6 is 0 Å². The minimum atomic E-state index is -1.32. The van der Waals surface area contributed by atoms with Gasteiger partial charge in [0.2, 0.25) is 0 Å². The Morgan fingerprint density at radius 1 is 0.895 bits per heavy atom. The summed E-state index contributed by atoms with van der Waals surface area (Å²) < 4.78 is 0. The summed E-state index contributed by atoms with van der Waals surface area (Å²) in [6, 6.07) is 0.380. The normalized spacial score (nSPS) is 25.1. The second-order valence-corrected chi connectivity index (χ2v) is 5.74. The van der Waals surface area contributed by atoms with E-state index in [4.69, 9.17) is 0 Å². The molecule has 5 nitrogen and oxygen atoms in total. The van der Waals surface area contributed by atoms with E-state index in [0.29, 0.717) is 6.04 Å². The fraction of sp³-hybridized carbons (Fsp3) is 1.00. The zero-order valence-corrected chi connectivity index (χ0v) is 11.8. The zero-order chi connectivity index (χ0) is 14.3. The lowest BCUT2D eigenvalue weighted by molar-refractivity contribution is -0.0991. The summed E-state index contributed by atoms with van der Waals surface area (Å²) in [5.74, 6) is 0. The second kappa shape index (κ2) is 8.87. The van der Waals surface area contributed by atoms with Crippen LogP contribution in [-0.4, -0.2) is 57.4 Å². The van der Waals surface area contributed by atoms with Crippen LogP contribution in [0.1, 0.15) is 51.9 Å². The highest BCUT2D eigenvalue weighted by Gasteiger charge is 2.28. The SMILES string of the molecule is C[C@H](O)[C@H](O)[C@@H](O)[C@H](O)CNC1CCCCCCC1. The molecular weight excluding hydrogens is 246 g/mol. The molecule has 1 aliphatic rings. The van der Waals surface area contributed by atoms with Gasteiger partial charge in [-0.05, 0) is 19.8 Å². The summed E-state index contributed by atoms with van der Waals surface area (Å²) in [5.41, 5.74) is 0. The predicted molar refractivity (Wildman–Crippen MR) is 73.8 cm³/mol. The van der Waals surface area contributed by atoms with Crippen LogP contribution in [0.2, 0.25) is 0 Å². The minimum absolute atomic E-state index is 0.246. The number of hydrogen-bond acceptors (Lipinski definition) is 5. The maximum absolute atomic E-state index is 9.81. The Labute approximate surface area is 115 Å². The van der Waals surface area contributed by atoms with Crippen LogP contribution in [-0.2, 0) is 0 Å². The van der Waals surface area contributed by atoms with Crippen LogP contribution in [0.15, 0.2) is 0 Å². The van der Waals surface area contributed by atoms with Crippen LogP contribution in [0.5, 0.6) is 0 Å². The summed E-state index contributed by atoms with van der Waals surface area (Å²) >= 11 is 0. The van der Waals surface area contributed by atoms with Crippen molar-refractivity contribution in [2.24, 2.45) is 0 Å². The van der Waals surface area contributed by atoms with Crippen molar-refractivity contribution in [3.05, 3.63) is 0 Å². The van der Waals surface area contributed by atoms with E-state index < -0.39 is 24.4 Å². The van der Waals surface area contributed by atoms with Crippen molar-refractivity contribution in [2.45, 2.75) is 82.3 Å². The van der Waals surface area contributed by atoms with E-state index in [0.717, 1.165) is 12.8 Å². The van der Waals surface area contributed by atoms with Gasteiger partial charge in [0.15, 0.2) is 0 Å². The van der Waals surface area contributed by atoms with Crippen molar-refractivity contribution in [3.8, 4) is 0 Å². The van der Waals surface area contributed by atoms with Gasteiger partial charge in [-0.15, -0.1) is 0 Å². The Hall–Kier alpha value is -0.200. The second-order valence-electron chi connectivity index (χ2n) is 5.74. The molecule has 5 N–H and O–H groups in total. The molecule has 0 spiro atoms. The van der Waals surface area contributed by atoms with E-state index in [1.807, 2.05) is 0 Å². The number of rotatable bonds is 6. The average Bonchev–Trinajstić information content (AvgIpc) is 2.35. The molecule has 114 valence electrons. The molecule has 0 saturated heterocycles. The molecule has 19 heavy (non-hydrogen) atoms.